The molecule has 0 spiro atoms. The Bertz CT molecular complexity index is 827. The van der Waals surface area contributed by atoms with Crippen LogP contribution in [0.1, 0.15) is 16.7 Å². The highest BCUT2D eigenvalue weighted by Crippen LogP contribution is 2.48. The van der Waals surface area contributed by atoms with Gasteiger partial charge >= 0.3 is 6.18 Å². The number of hydrogen-bond acceptors (Lipinski definition) is 3. The second-order valence-corrected chi connectivity index (χ2v) is 6.66. The molecule has 8 heteroatoms. The SMILES string of the molecule is Cc1cc(N)cc(C2=CC(c3cc(Cl)cc(Cl)c3)(C(F)(F)F)ON2)c1. The summed E-state index contributed by atoms with van der Waals surface area (Å²) >= 11 is 11.7. The molecular formula is C17H13Cl2F3N2O. The summed E-state index contributed by atoms with van der Waals surface area (Å²) in [4.78, 5) is 5.02. The van der Waals surface area contributed by atoms with Gasteiger partial charge in [0.2, 0.25) is 5.60 Å². The Morgan fingerprint density at radius 3 is 2.24 bits per heavy atom. The molecule has 0 saturated carbocycles. The maximum absolute atomic E-state index is 13.9. The summed E-state index contributed by atoms with van der Waals surface area (Å²) in [6, 6.07) is 8.68. The fraction of sp³-hybridized carbons (Fsp3) is 0.176. The third-order valence-electron chi connectivity index (χ3n) is 3.79. The second kappa shape index (κ2) is 6.12. The van der Waals surface area contributed by atoms with E-state index in [-0.39, 0.29) is 21.3 Å². The van der Waals surface area contributed by atoms with Crippen LogP contribution in [0.15, 0.2) is 42.5 Å². The van der Waals surface area contributed by atoms with Crippen LogP contribution in [-0.4, -0.2) is 6.18 Å². The van der Waals surface area contributed by atoms with Crippen LogP contribution in [0.4, 0.5) is 18.9 Å². The first kappa shape index (κ1) is 17.9. The summed E-state index contributed by atoms with van der Waals surface area (Å²) in [7, 11) is 0. The van der Waals surface area contributed by atoms with Gasteiger partial charge in [-0.3, -0.25) is 10.3 Å². The van der Waals surface area contributed by atoms with Crippen LogP contribution in [0.3, 0.4) is 0 Å². The molecule has 3 nitrogen and oxygen atoms in total. The van der Waals surface area contributed by atoms with E-state index in [2.05, 4.69) is 5.48 Å². The molecule has 1 aliphatic rings. The van der Waals surface area contributed by atoms with Gasteiger partial charge in [0.25, 0.3) is 0 Å². The van der Waals surface area contributed by atoms with Crippen molar-refractivity contribution in [3.63, 3.8) is 0 Å². The molecule has 25 heavy (non-hydrogen) atoms. The lowest BCUT2D eigenvalue weighted by Crippen LogP contribution is -2.42. The van der Waals surface area contributed by atoms with E-state index in [1.54, 1.807) is 25.1 Å². The molecule has 1 unspecified atom stereocenters. The van der Waals surface area contributed by atoms with Crippen LogP contribution in [-0.2, 0) is 10.4 Å². The quantitative estimate of drug-likeness (QED) is 0.693. The van der Waals surface area contributed by atoms with Crippen molar-refractivity contribution in [3.05, 3.63) is 69.2 Å². The summed E-state index contributed by atoms with van der Waals surface area (Å²) in [6.07, 6.45) is -3.78. The summed E-state index contributed by atoms with van der Waals surface area (Å²) in [5, 5.41) is 0.160. The number of nitrogens with one attached hydrogen (secondary N) is 1. The number of rotatable bonds is 2. The normalized spacial score (nSPS) is 20.3. The van der Waals surface area contributed by atoms with Gasteiger partial charge < -0.3 is 5.73 Å². The first-order valence-electron chi connectivity index (χ1n) is 7.18. The molecule has 1 heterocycles. The van der Waals surface area contributed by atoms with Crippen molar-refractivity contribution in [3.8, 4) is 0 Å². The third-order valence-corrected chi connectivity index (χ3v) is 4.23. The molecular weight excluding hydrogens is 376 g/mol. The Hall–Kier alpha value is -1.89. The van der Waals surface area contributed by atoms with Gasteiger partial charge in [-0.05, 0) is 55.0 Å². The molecule has 2 aromatic rings. The topological polar surface area (TPSA) is 47.3 Å². The fourth-order valence-corrected chi connectivity index (χ4v) is 3.25. The number of halogens is 5. The van der Waals surface area contributed by atoms with Gasteiger partial charge in [0.05, 0.1) is 5.70 Å². The van der Waals surface area contributed by atoms with Gasteiger partial charge in [-0.2, -0.15) is 13.2 Å². The minimum absolute atomic E-state index is 0.0800. The zero-order valence-corrected chi connectivity index (χ0v) is 14.4. The van der Waals surface area contributed by atoms with Crippen LogP contribution < -0.4 is 11.2 Å². The van der Waals surface area contributed by atoms with Gasteiger partial charge in [0, 0.05) is 26.9 Å². The average molecular weight is 389 g/mol. The molecule has 0 radical (unpaired) electrons. The number of aryl methyl sites for hydroxylation is 1. The van der Waals surface area contributed by atoms with Crippen LogP contribution in [0.2, 0.25) is 10.0 Å². The number of anilines is 1. The average Bonchev–Trinajstić information content (AvgIpc) is 2.91. The first-order chi connectivity index (χ1) is 11.6. The maximum Gasteiger partial charge on any atom is 0.428 e. The summed E-state index contributed by atoms with van der Waals surface area (Å²) in [5.41, 5.74) is 7.10. The van der Waals surface area contributed by atoms with E-state index in [1.807, 2.05) is 0 Å². The third kappa shape index (κ3) is 3.29. The first-order valence-corrected chi connectivity index (χ1v) is 7.94. The predicted molar refractivity (Wildman–Crippen MR) is 92.0 cm³/mol. The standard InChI is InChI=1S/C17H13Cl2F3N2O/c1-9-2-10(4-14(23)3-9)15-8-16(25-24-15,17(20,21)22)11-5-12(18)7-13(19)6-11/h2-8,24H,23H2,1H3. The molecule has 1 atom stereocenters. The summed E-state index contributed by atoms with van der Waals surface area (Å²) in [5.74, 6) is 0. The Morgan fingerprint density at radius 1 is 1.04 bits per heavy atom. The lowest BCUT2D eigenvalue weighted by Gasteiger charge is -2.28. The number of hydrogen-bond donors (Lipinski definition) is 2. The lowest BCUT2D eigenvalue weighted by atomic mass is 9.91. The van der Waals surface area contributed by atoms with E-state index < -0.39 is 11.8 Å². The second-order valence-electron chi connectivity index (χ2n) is 5.79. The summed E-state index contributed by atoms with van der Waals surface area (Å²) in [6.45, 7) is 1.80. The largest absolute Gasteiger partial charge is 0.428 e. The summed E-state index contributed by atoms with van der Waals surface area (Å²) < 4.78 is 41.7. The number of nitrogens with two attached hydrogens (primary N) is 1. The molecule has 1 aliphatic heterocycles. The highest BCUT2D eigenvalue weighted by molar-refractivity contribution is 6.34. The monoisotopic (exact) mass is 388 g/mol. The lowest BCUT2D eigenvalue weighted by molar-refractivity contribution is -0.269. The van der Waals surface area contributed by atoms with Crippen molar-refractivity contribution < 1.29 is 18.0 Å². The van der Waals surface area contributed by atoms with E-state index in [4.69, 9.17) is 33.8 Å². The Morgan fingerprint density at radius 2 is 1.68 bits per heavy atom. The molecule has 3 rings (SSSR count). The van der Waals surface area contributed by atoms with Gasteiger partial charge in [-0.25, -0.2) is 0 Å². The Labute approximate surface area is 152 Å². The zero-order valence-electron chi connectivity index (χ0n) is 12.9. The van der Waals surface area contributed by atoms with Crippen molar-refractivity contribution in [2.45, 2.75) is 18.7 Å². The minimum Gasteiger partial charge on any atom is -0.399 e. The van der Waals surface area contributed by atoms with Gasteiger partial charge in [0.1, 0.15) is 0 Å². The molecule has 0 amide bonds. The molecule has 0 fully saturated rings. The minimum atomic E-state index is -4.74. The van der Waals surface area contributed by atoms with Crippen molar-refractivity contribution in [2.24, 2.45) is 0 Å². The number of hydroxylamine groups is 1. The molecule has 132 valence electrons. The maximum atomic E-state index is 13.9. The van der Waals surface area contributed by atoms with E-state index in [0.717, 1.165) is 11.6 Å². The van der Waals surface area contributed by atoms with E-state index in [1.165, 1.54) is 18.2 Å². The smallest absolute Gasteiger partial charge is 0.399 e. The van der Waals surface area contributed by atoms with E-state index >= 15 is 0 Å². The Kier molecular flexibility index (Phi) is 4.39. The molecule has 3 N–H and O–H groups in total. The van der Waals surface area contributed by atoms with Gasteiger partial charge in [0.15, 0.2) is 0 Å². The zero-order chi connectivity index (χ0) is 18.4. The fourth-order valence-electron chi connectivity index (χ4n) is 2.72. The van der Waals surface area contributed by atoms with Crippen LogP contribution >= 0.6 is 23.2 Å². The highest BCUT2D eigenvalue weighted by atomic mass is 35.5. The van der Waals surface area contributed by atoms with Gasteiger partial charge in [-0.1, -0.05) is 23.2 Å². The molecule has 0 aliphatic carbocycles. The van der Waals surface area contributed by atoms with E-state index in [9.17, 15) is 13.2 Å². The highest BCUT2D eigenvalue weighted by Gasteiger charge is 2.59. The number of benzene rings is 2. The molecule has 0 saturated heterocycles. The van der Waals surface area contributed by atoms with Gasteiger partial charge in [-0.15, -0.1) is 0 Å². The van der Waals surface area contributed by atoms with Crippen LogP contribution in [0, 0.1) is 6.92 Å². The van der Waals surface area contributed by atoms with Crippen LogP contribution in [0.25, 0.3) is 5.70 Å². The van der Waals surface area contributed by atoms with Crippen molar-refractivity contribution in [1.29, 1.82) is 0 Å². The molecule has 0 aromatic heterocycles. The van der Waals surface area contributed by atoms with Crippen molar-refractivity contribution in [2.75, 3.05) is 5.73 Å². The van der Waals surface area contributed by atoms with Crippen molar-refractivity contribution >= 4 is 34.6 Å². The predicted octanol–water partition coefficient (Wildman–Crippen LogP) is 5.22. The molecule has 2 aromatic carbocycles. The molecule has 0 bridgehead atoms. The van der Waals surface area contributed by atoms with Crippen LogP contribution in [0.5, 0.6) is 0 Å². The van der Waals surface area contributed by atoms with E-state index in [0.29, 0.717) is 11.3 Å². The number of alkyl halides is 3. The Balaban J connectivity index is 2.17. The number of nitrogen functional groups attached to an aromatic ring is 1. The van der Waals surface area contributed by atoms with Crippen molar-refractivity contribution in [1.82, 2.24) is 5.48 Å².